The van der Waals surface area contributed by atoms with Crippen LogP contribution in [0.1, 0.15) is 37.2 Å². The van der Waals surface area contributed by atoms with Crippen molar-refractivity contribution in [3.8, 4) is 5.75 Å². The van der Waals surface area contributed by atoms with E-state index in [1.165, 1.54) is 0 Å². The molecule has 0 unspecified atom stereocenters. The number of carbonyl (C=O) groups excluding carboxylic acids is 1. The van der Waals surface area contributed by atoms with Gasteiger partial charge in [-0.3, -0.25) is 4.79 Å². The molecular formula is C17H22N4O2. The molecule has 6 heteroatoms. The maximum absolute atomic E-state index is 12.0. The Balaban J connectivity index is 2.09. The maximum Gasteiger partial charge on any atom is 0.270 e. The number of hydrogen-bond donors (Lipinski definition) is 2. The lowest BCUT2D eigenvalue weighted by molar-refractivity contribution is 0.0948. The predicted octanol–water partition coefficient (Wildman–Crippen LogP) is 3.15. The quantitative estimate of drug-likeness (QED) is 0.732. The number of aromatic nitrogens is 2. The number of ether oxygens (including phenoxy) is 1. The van der Waals surface area contributed by atoms with Gasteiger partial charge in [0.15, 0.2) is 0 Å². The van der Waals surface area contributed by atoms with Crippen LogP contribution >= 0.6 is 0 Å². The zero-order chi connectivity index (χ0) is 16.5. The molecule has 1 aromatic carbocycles. The number of carbonyl (C=O) groups is 1. The van der Waals surface area contributed by atoms with Crippen LogP contribution in [0.15, 0.2) is 36.5 Å². The number of nitrogens with zero attached hydrogens (tertiary/aromatic N) is 2. The topological polar surface area (TPSA) is 76.1 Å². The highest BCUT2D eigenvalue weighted by Gasteiger charge is 2.09. The van der Waals surface area contributed by atoms with Crippen LogP contribution in [0.25, 0.3) is 0 Å². The Labute approximate surface area is 136 Å². The Morgan fingerprint density at radius 2 is 2.04 bits per heavy atom. The number of anilines is 2. The molecule has 0 spiro atoms. The largest absolute Gasteiger partial charge is 0.492 e. The molecule has 2 aromatic rings. The number of rotatable bonds is 8. The summed E-state index contributed by atoms with van der Waals surface area (Å²) in [6.45, 7) is 5.22. The third kappa shape index (κ3) is 4.95. The maximum atomic E-state index is 12.0. The van der Waals surface area contributed by atoms with Gasteiger partial charge in [-0.05, 0) is 31.5 Å². The van der Waals surface area contributed by atoms with Crippen molar-refractivity contribution in [1.29, 1.82) is 0 Å². The second kappa shape index (κ2) is 8.73. The van der Waals surface area contributed by atoms with Crippen LogP contribution in [-0.2, 0) is 0 Å². The van der Waals surface area contributed by atoms with Gasteiger partial charge >= 0.3 is 0 Å². The van der Waals surface area contributed by atoms with E-state index in [0.29, 0.717) is 24.8 Å². The van der Waals surface area contributed by atoms with E-state index in [4.69, 9.17) is 4.74 Å². The van der Waals surface area contributed by atoms with E-state index in [0.717, 1.165) is 24.3 Å². The van der Waals surface area contributed by atoms with Crippen LogP contribution in [0.2, 0.25) is 0 Å². The van der Waals surface area contributed by atoms with Gasteiger partial charge in [0.1, 0.15) is 11.4 Å². The Kier molecular flexibility index (Phi) is 6.35. The van der Waals surface area contributed by atoms with Crippen LogP contribution < -0.4 is 15.4 Å². The second-order valence-electron chi connectivity index (χ2n) is 4.93. The summed E-state index contributed by atoms with van der Waals surface area (Å²) in [5.41, 5.74) is 1.10. The van der Waals surface area contributed by atoms with Gasteiger partial charge in [-0.15, -0.1) is 0 Å². The summed E-state index contributed by atoms with van der Waals surface area (Å²) in [5, 5.41) is 5.93. The van der Waals surface area contributed by atoms with Crippen molar-refractivity contribution in [3.05, 3.63) is 42.2 Å². The Bertz CT molecular complexity index is 646. The van der Waals surface area contributed by atoms with Crippen LogP contribution in [-0.4, -0.2) is 29.0 Å². The van der Waals surface area contributed by atoms with Gasteiger partial charge in [0.05, 0.1) is 12.3 Å². The van der Waals surface area contributed by atoms with E-state index in [1.54, 1.807) is 12.3 Å². The third-order valence-electron chi connectivity index (χ3n) is 3.14. The number of benzene rings is 1. The summed E-state index contributed by atoms with van der Waals surface area (Å²) in [5.74, 6) is 0.888. The molecule has 1 aromatic heterocycles. The molecule has 0 bridgehead atoms. The molecule has 1 heterocycles. The summed E-state index contributed by atoms with van der Waals surface area (Å²) < 4.78 is 5.56. The number of unbranched alkanes of at least 4 members (excludes halogenated alkanes) is 1. The molecule has 0 saturated carbocycles. The van der Waals surface area contributed by atoms with Crippen LogP contribution in [0.3, 0.4) is 0 Å². The van der Waals surface area contributed by atoms with E-state index < -0.39 is 0 Å². The van der Waals surface area contributed by atoms with Gasteiger partial charge in [0, 0.05) is 12.7 Å². The smallest absolute Gasteiger partial charge is 0.270 e. The summed E-state index contributed by atoms with van der Waals surface area (Å²) >= 11 is 0. The number of nitrogens with one attached hydrogen (secondary N) is 2. The standard InChI is InChI=1S/C17H22N4O2/c1-3-5-11-18-16(22)14-10-12-19-17(21-14)20-13-8-6-7-9-15(13)23-4-2/h6-10,12H,3-5,11H2,1-2H3,(H,18,22)(H,19,20,21). The monoisotopic (exact) mass is 314 g/mol. The average Bonchev–Trinajstić information content (AvgIpc) is 2.57. The summed E-state index contributed by atoms with van der Waals surface area (Å²) in [4.78, 5) is 20.5. The van der Waals surface area contributed by atoms with Crippen molar-refractivity contribution in [1.82, 2.24) is 15.3 Å². The Morgan fingerprint density at radius 3 is 2.83 bits per heavy atom. The molecule has 1 amide bonds. The molecule has 0 fully saturated rings. The van der Waals surface area contributed by atoms with Crippen molar-refractivity contribution < 1.29 is 9.53 Å². The van der Waals surface area contributed by atoms with Crippen molar-refractivity contribution in [2.24, 2.45) is 0 Å². The van der Waals surface area contributed by atoms with Crippen molar-refractivity contribution in [2.75, 3.05) is 18.5 Å². The van der Waals surface area contributed by atoms with Crippen LogP contribution in [0.5, 0.6) is 5.75 Å². The SMILES string of the molecule is CCCCNC(=O)c1ccnc(Nc2ccccc2OCC)n1. The lowest BCUT2D eigenvalue weighted by Crippen LogP contribution is -2.25. The Morgan fingerprint density at radius 1 is 1.22 bits per heavy atom. The molecule has 0 atom stereocenters. The minimum Gasteiger partial charge on any atom is -0.492 e. The predicted molar refractivity (Wildman–Crippen MR) is 90.2 cm³/mol. The third-order valence-corrected chi connectivity index (χ3v) is 3.14. The molecule has 0 aliphatic heterocycles. The highest BCUT2D eigenvalue weighted by Crippen LogP contribution is 2.25. The molecule has 0 aliphatic rings. The van der Waals surface area contributed by atoms with E-state index in [1.807, 2.05) is 31.2 Å². The molecular weight excluding hydrogens is 292 g/mol. The average molecular weight is 314 g/mol. The minimum atomic E-state index is -0.193. The zero-order valence-corrected chi connectivity index (χ0v) is 13.5. The van der Waals surface area contributed by atoms with Crippen LogP contribution in [0.4, 0.5) is 11.6 Å². The molecule has 0 radical (unpaired) electrons. The summed E-state index contributed by atoms with van der Waals surface area (Å²) in [6.07, 6.45) is 3.54. The van der Waals surface area contributed by atoms with Gasteiger partial charge < -0.3 is 15.4 Å². The normalized spacial score (nSPS) is 10.2. The number of para-hydroxylation sites is 2. The highest BCUT2D eigenvalue weighted by atomic mass is 16.5. The first kappa shape index (κ1) is 16.7. The van der Waals surface area contributed by atoms with Gasteiger partial charge in [-0.25, -0.2) is 9.97 Å². The fourth-order valence-corrected chi connectivity index (χ4v) is 1.99. The molecule has 23 heavy (non-hydrogen) atoms. The highest BCUT2D eigenvalue weighted by molar-refractivity contribution is 5.92. The summed E-state index contributed by atoms with van der Waals surface area (Å²) in [7, 11) is 0. The van der Waals surface area contributed by atoms with Crippen molar-refractivity contribution >= 4 is 17.5 Å². The minimum absolute atomic E-state index is 0.193. The molecule has 0 saturated heterocycles. The van der Waals surface area contributed by atoms with Gasteiger partial charge in [0.25, 0.3) is 5.91 Å². The first-order chi connectivity index (χ1) is 11.2. The lowest BCUT2D eigenvalue weighted by atomic mass is 10.3. The first-order valence-electron chi connectivity index (χ1n) is 7.84. The zero-order valence-electron chi connectivity index (χ0n) is 13.5. The molecule has 0 aliphatic carbocycles. The van der Waals surface area contributed by atoms with E-state index >= 15 is 0 Å². The fraction of sp³-hybridized carbons (Fsp3) is 0.353. The van der Waals surface area contributed by atoms with E-state index in [9.17, 15) is 4.79 Å². The van der Waals surface area contributed by atoms with Gasteiger partial charge in [-0.2, -0.15) is 0 Å². The van der Waals surface area contributed by atoms with E-state index in [-0.39, 0.29) is 5.91 Å². The van der Waals surface area contributed by atoms with Crippen LogP contribution in [0, 0.1) is 0 Å². The summed E-state index contributed by atoms with van der Waals surface area (Å²) in [6, 6.07) is 9.14. The molecule has 2 rings (SSSR count). The van der Waals surface area contributed by atoms with Crippen molar-refractivity contribution in [2.45, 2.75) is 26.7 Å². The fourth-order valence-electron chi connectivity index (χ4n) is 1.99. The molecule has 122 valence electrons. The van der Waals surface area contributed by atoms with Gasteiger partial charge in [-0.1, -0.05) is 25.5 Å². The first-order valence-corrected chi connectivity index (χ1v) is 7.84. The molecule has 6 nitrogen and oxygen atoms in total. The Hall–Kier alpha value is -2.63. The second-order valence-corrected chi connectivity index (χ2v) is 4.93. The van der Waals surface area contributed by atoms with Crippen molar-refractivity contribution in [3.63, 3.8) is 0 Å². The number of hydrogen-bond acceptors (Lipinski definition) is 5. The van der Waals surface area contributed by atoms with Gasteiger partial charge in [0.2, 0.25) is 5.95 Å². The van der Waals surface area contributed by atoms with E-state index in [2.05, 4.69) is 27.5 Å². The lowest BCUT2D eigenvalue weighted by Gasteiger charge is -2.11. The number of amides is 1. The molecule has 2 N–H and O–H groups in total.